The normalized spacial score (nSPS) is 16.6. The number of aromatic nitrogens is 8. The molecule has 0 spiro atoms. The van der Waals surface area contributed by atoms with Crippen LogP contribution in [0.15, 0.2) is 40.6 Å². The Balaban J connectivity index is 1.35. The van der Waals surface area contributed by atoms with Crippen molar-refractivity contribution in [2.24, 2.45) is 14.1 Å². The summed E-state index contributed by atoms with van der Waals surface area (Å²) in [6, 6.07) is -1.07. The molecule has 4 aromatic rings. The number of anilines is 2. The highest BCUT2D eigenvalue weighted by molar-refractivity contribution is 5.93. The molecule has 1 aliphatic heterocycles. The van der Waals surface area contributed by atoms with E-state index in [1.807, 2.05) is 0 Å². The molecule has 0 aromatic carbocycles. The van der Waals surface area contributed by atoms with Gasteiger partial charge in [0.25, 0.3) is 5.56 Å². The van der Waals surface area contributed by atoms with E-state index in [1.54, 1.807) is 6.92 Å². The molecular formula is C23H23F3N10O3. The smallest absolute Gasteiger partial charge is 0.329 e. The fourth-order valence-electron chi connectivity index (χ4n) is 4.51. The molecule has 16 heteroatoms. The lowest BCUT2D eigenvalue weighted by molar-refractivity contribution is -0.146. The molecule has 4 aromatic heterocycles. The molecule has 5 heterocycles. The van der Waals surface area contributed by atoms with Crippen molar-refractivity contribution in [3.8, 4) is 11.4 Å². The van der Waals surface area contributed by atoms with Crippen LogP contribution in [0.5, 0.6) is 0 Å². The van der Waals surface area contributed by atoms with Crippen molar-refractivity contribution >= 4 is 28.8 Å². The maximum atomic E-state index is 13.3. The number of imidazole rings is 1. The van der Waals surface area contributed by atoms with E-state index in [9.17, 15) is 27.6 Å². The fraction of sp³-hybridized carbons (Fsp3) is 0.391. The molecule has 1 amide bonds. The van der Waals surface area contributed by atoms with E-state index in [1.165, 1.54) is 54.2 Å². The predicted octanol–water partition coefficient (Wildman–Crippen LogP) is 1.41. The number of carbonyl (C=O) groups excluding carboxylic acids is 1. The van der Waals surface area contributed by atoms with Crippen molar-refractivity contribution in [1.29, 1.82) is 0 Å². The first-order valence-corrected chi connectivity index (χ1v) is 11.9. The van der Waals surface area contributed by atoms with Gasteiger partial charge in [-0.05, 0) is 25.8 Å². The van der Waals surface area contributed by atoms with Gasteiger partial charge in [-0.2, -0.15) is 13.2 Å². The van der Waals surface area contributed by atoms with Crippen molar-refractivity contribution in [1.82, 2.24) is 38.6 Å². The van der Waals surface area contributed by atoms with Gasteiger partial charge in [-0.3, -0.25) is 18.7 Å². The van der Waals surface area contributed by atoms with Crippen LogP contribution < -0.4 is 21.5 Å². The lowest BCUT2D eigenvalue weighted by atomic mass is 10.2. The molecular weight excluding hydrogens is 521 g/mol. The summed E-state index contributed by atoms with van der Waals surface area (Å²) in [6.07, 6.45) is 1.36. The summed E-state index contributed by atoms with van der Waals surface area (Å²) in [6.45, 7) is 1.76. The fourth-order valence-corrected chi connectivity index (χ4v) is 4.51. The quantitative estimate of drug-likeness (QED) is 0.394. The van der Waals surface area contributed by atoms with Crippen LogP contribution in [-0.4, -0.2) is 63.3 Å². The van der Waals surface area contributed by atoms with E-state index in [-0.39, 0.29) is 41.7 Å². The number of nitrogens with zero attached hydrogens (tertiary/aromatic N) is 9. The van der Waals surface area contributed by atoms with Gasteiger partial charge in [0.2, 0.25) is 11.9 Å². The van der Waals surface area contributed by atoms with Gasteiger partial charge in [0.05, 0.1) is 11.9 Å². The van der Waals surface area contributed by atoms with E-state index >= 15 is 0 Å². The van der Waals surface area contributed by atoms with Crippen molar-refractivity contribution in [2.45, 2.75) is 38.0 Å². The average molecular weight is 544 g/mol. The van der Waals surface area contributed by atoms with Gasteiger partial charge in [0.1, 0.15) is 17.9 Å². The third kappa shape index (κ3) is 4.61. The molecule has 2 atom stereocenters. The topological polar surface area (TPSA) is 146 Å². The molecule has 1 saturated heterocycles. The second-order valence-electron chi connectivity index (χ2n) is 9.13. The first-order valence-electron chi connectivity index (χ1n) is 11.9. The molecule has 0 aliphatic carbocycles. The van der Waals surface area contributed by atoms with Crippen LogP contribution in [0, 0.1) is 0 Å². The number of halogens is 3. The summed E-state index contributed by atoms with van der Waals surface area (Å²) in [5, 5.41) is 2.65. The van der Waals surface area contributed by atoms with Crippen molar-refractivity contribution in [2.75, 3.05) is 16.8 Å². The first kappa shape index (κ1) is 26.0. The Labute approximate surface area is 218 Å². The number of nitrogens with one attached hydrogen (secondary N) is 1. The highest BCUT2D eigenvalue weighted by Gasteiger charge is 2.46. The van der Waals surface area contributed by atoms with E-state index in [4.69, 9.17) is 0 Å². The standard InChI is InChI=1S/C23H23F3N10O3/c1-12(36-11-30-18-16(36)20(38)34(3)22(39)33(18)2)19(37)32-15-6-7-27-17(31-15)13-9-28-21(29-10-13)35-8-4-5-14(35)23(24,25)26/h6-7,9-12,14H,4-5,8H2,1-3H3,(H,27,31,32,37)/t12-,14-/m1/s1. The van der Waals surface area contributed by atoms with Gasteiger partial charge in [-0.25, -0.2) is 29.7 Å². The van der Waals surface area contributed by atoms with E-state index < -0.39 is 35.4 Å². The number of carbonyl (C=O) groups is 1. The Morgan fingerprint density at radius 2 is 1.82 bits per heavy atom. The highest BCUT2D eigenvalue weighted by atomic mass is 19.4. The molecule has 1 aliphatic rings. The number of rotatable bonds is 5. The molecule has 204 valence electrons. The van der Waals surface area contributed by atoms with Crippen LogP contribution in [0.1, 0.15) is 25.8 Å². The van der Waals surface area contributed by atoms with Crippen LogP contribution in [-0.2, 0) is 18.9 Å². The molecule has 13 nitrogen and oxygen atoms in total. The number of amides is 1. The predicted molar refractivity (Wildman–Crippen MR) is 133 cm³/mol. The second kappa shape index (κ2) is 9.59. The summed E-state index contributed by atoms with van der Waals surface area (Å²) >= 11 is 0. The van der Waals surface area contributed by atoms with Crippen molar-refractivity contribution < 1.29 is 18.0 Å². The highest BCUT2D eigenvalue weighted by Crippen LogP contribution is 2.34. The van der Waals surface area contributed by atoms with E-state index in [0.717, 1.165) is 9.47 Å². The average Bonchev–Trinajstić information content (AvgIpc) is 3.59. The molecule has 0 saturated carbocycles. The van der Waals surface area contributed by atoms with Gasteiger partial charge in [-0.15, -0.1) is 0 Å². The summed E-state index contributed by atoms with van der Waals surface area (Å²) < 4.78 is 43.4. The number of aryl methyl sites for hydroxylation is 1. The van der Waals surface area contributed by atoms with E-state index in [0.29, 0.717) is 12.0 Å². The zero-order valence-corrected chi connectivity index (χ0v) is 21.0. The van der Waals surface area contributed by atoms with Gasteiger partial charge in [0, 0.05) is 39.2 Å². The molecule has 0 bridgehead atoms. The summed E-state index contributed by atoms with van der Waals surface area (Å²) in [5.74, 6) is -0.262. The second-order valence-corrected chi connectivity index (χ2v) is 9.13. The van der Waals surface area contributed by atoms with Gasteiger partial charge < -0.3 is 14.8 Å². The summed E-state index contributed by atoms with van der Waals surface area (Å²) in [7, 11) is 2.81. The monoisotopic (exact) mass is 544 g/mol. The van der Waals surface area contributed by atoms with Crippen LogP contribution in [0.3, 0.4) is 0 Å². The summed E-state index contributed by atoms with van der Waals surface area (Å²) in [4.78, 5) is 59.8. The number of hydrogen-bond donors (Lipinski definition) is 1. The number of alkyl halides is 3. The lowest BCUT2D eigenvalue weighted by Gasteiger charge is -2.26. The van der Waals surface area contributed by atoms with Gasteiger partial charge >= 0.3 is 11.9 Å². The molecule has 39 heavy (non-hydrogen) atoms. The van der Waals surface area contributed by atoms with Crippen LogP contribution in [0.25, 0.3) is 22.6 Å². The third-order valence-corrected chi connectivity index (χ3v) is 6.66. The molecule has 1 N–H and O–H groups in total. The van der Waals surface area contributed by atoms with Gasteiger partial charge in [0.15, 0.2) is 17.0 Å². The Morgan fingerprint density at radius 1 is 1.10 bits per heavy atom. The lowest BCUT2D eigenvalue weighted by Crippen LogP contribution is -2.42. The SMILES string of the molecule is C[C@H](C(=O)Nc1ccnc(-c2cnc(N3CCC[C@@H]3C(F)(F)F)nc2)n1)n1cnc2c1c(=O)n(C)c(=O)n2C. The summed E-state index contributed by atoms with van der Waals surface area (Å²) in [5.41, 5.74) is -0.551. The van der Waals surface area contributed by atoms with Crippen LogP contribution >= 0.6 is 0 Å². The zero-order valence-electron chi connectivity index (χ0n) is 21.0. The third-order valence-electron chi connectivity index (χ3n) is 6.66. The maximum Gasteiger partial charge on any atom is 0.408 e. The van der Waals surface area contributed by atoms with E-state index in [2.05, 4.69) is 30.2 Å². The minimum Gasteiger partial charge on any atom is -0.329 e. The minimum atomic E-state index is -4.38. The molecule has 5 rings (SSSR count). The Bertz CT molecular complexity index is 1680. The molecule has 1 fully saturated rings. The number of hydrogen-bond acceptors (Lipinski definition) is 9. The Hall–Kier alpha value is -4.63. The first-order chi connectivity index (χ1) is 18.5. The maximum absolute atomic E-state index is 13.3. The zero-order chi connectivity index (χ0) is 28.1. The molecule has 0 radical (unpaired) electrons. The number of fused-ring (bicyclic) bond motifs is 1. The largest absolute Gasteiger partial charge is 0.408 e. The molecule has 0 unspecified atom stereocenters. The van der Waals surface area contributed by atoms with Crippen LogP contribution in [0.2, 0.25) is 0 Å². The minimum absolute atomic E-state index is 0.0144. The Kier molecular flexibility index (Phi) is 6.40. The van der Waals surface area contributed by atoms with Crippen molar-refractivity contribution in [3.05, 3.63) is 51.8 Å². The van der Waals surface area contributed by atoms with Gasteiger partial charge in [-0.1, -0.05) is 0 Å². The van der Waals surface area contributed by atoms with Crippen molar-refractivity contribution in [3.63, 3.8) is 0 Å². The Morgan fingerprint density at radius 3 is 2.51 bits per heavy atom. The van der Waals surface area contributed by atoms with Crippen LogP contribution in [0.4, 0.5) is 24.9 Å².